The molecule has 0 bridgehead atoms. The van der Waals surface area contributed by atoms with E-state index in [-0.39, 0.29) is 0 Å². The molecule has 88 valence electrons. The van der Waals surface area contributed by atoms with Gasteiger partial charge in [-0.1, -0.05) is 12.1 Å². The standard InChI is InChI=1S/C14H22N2/c1-11-6-4-8-14(16(2)3)13(11)10-12-7-5-9-15-12/h4,6,8,12,15H,5,7,9-10H2,1-3H3. The lowest BCUT2D eigenvalue weighted by molar-refractivity contribution is 0.601. The minimum atomic E-state index is 0.680. The molecule has 1 aliphatic heterocycles. The Bertz CT molecular complexity index is 352. The molecule has 1 atom stereocenters. The van der Waals surface area contributed by atoms with Crippen molar-refractivity contribution in [3.63, 3.8) is 0 Å². The van der Waals surface area contributed by atoms with Crippen molar-refractivity contribution in [3.05, 3.63) is 29.3 Å². The Morgan fingerprint density at radius 2 is 2.19 bits per heavy atom. The molecule has 1 N–H and O–H groups in total. The van der Waals surface area contributed by atoms with Gasteiger partial charge in [-0.05, 0) is 49.9 Å². The second kappa shape index (κ2) is 4.88. The van der Waals surface area contributed by atoms with Crippen LogP contribution in [0.2, 0.25) is 0 Å². The van der Waals surface area contributed by atoms with Crippen molar-refractivity contribution in [3.8, 4) is 0 Å². The van der Waals surface area contributed by atoms with E-state index in [4.69, 9.17) is 0 Å². The van der Waals surface area contributed by atoms with E-state index < -0.39 is 0 Å². The van der Waals surface area contributed by atoms with Gasteiger partial charge in [0.15, 0.2) is 0 Å². The minimum Gasteiger partial charge on any atom is -0.377 e. The molecule has 0 radical (unpaired) electrons. The van der Waals surface area contributed by atoms with Gasteiger partial charge in [0.05, 0.1) is 0 Å². The van der Waals surface area contributed by atoms with Crippen molar-refractivity contribution in [2.75, 3.05) is 25.5 Å². The zero-order valence-corrected chi connectivity index (χ0v) is 10.6. The molecule has 0 saturated carbocycles. The average Bonchev–Trinajstić information content (AvgIpc) is 2.73. The topological polar surface area (TPSA) is 15.3 Å². The Hall–Kier alpha value is -1.02. The van der Waals surface area contributed by atoms with E-state index in [2.05, 4.69) is 49.4 Å². The summed E-state index contributed by atoms with van der Waals surface area (Å²) in [5.74, 6) is 0. The first-order chi connectivity index (χ1) is 7.68. The summed E-state index contributed by atoms with van der Waals surface area (Å²) in [6, 6.07) is 7.27. The molecule has 0 aromatic heterocycles. The van der Waals surface area contributed by atoms with E-state index in [0.717, 1.165) is 0 Å². The van der Waals surface area contributed by atoms with Crippen LogP contribution in [0.15, 0.2) is 18.2 Å². The maximum absolute atomic E-state index is 3.58. The molecule has 2 rings (SSSR count). The van der Waals surface area contributed by atoms with Crippen molar-refractivity contribution in [2.45, 2.75) is 32.2 Å². The highest BCUT2D eigenvalue weighted by Crippen LogP contribution is 2.25. The van der Waals surface area contributed by atoms with Crippen LogP contribution in [-0.2, 0) is 6.42 Å². The van der Waals surface area contributed by atoms with Crippen LogP contribution in [0.5, 0.6) is 0 Å². The Morgan fingerprint density at radius 1 is 1.38 bits per heavy atom. The van der Waals surface area contributed by atoms with Crippen LogP contribution in [0, 0.1) is 6.92 Å². The van der Waals surface area contributed by atoms with Gasteiger partial charge in [0.25, 0.3) is 0 Å². The van der Waals surface area contributed by atoms with Crippen LogP contribution in [0.3, 0.4) is 0 Å². The van der Waals surface area contributed by atoms with Crippen LogP contribution in [0.25, 0.3) is 0 Å². The lowest BCUT2D eigenvalue weighted by Crippen LogP contribution is -2.25. The summed E-state index contributed by atoms with van der Waals surface area (Å²) in [6.07, 6.45) is 3.81. The molecule has 2 nitrogen and oxygen atoms in total. The van der Waals surface area contributed by atoms with Crippen LogP contribution in [0.4, 0.5) is 5.69 Å². The number of benzene rings is 1. The van der Waals surface area contributed by atoms with E-state index in [0.29, 0.717) is 6.04 Å². The molecule has 1 fully saturated rings. The summed E-state index contributed by atoms with van der Waals surface area (Å²) < 4.78 is 0. The largest absolute Gasteiger partial charge is 0.377 e. The third kappa shape index (κ3) is 2.38. The molecule has 0 amide bonds. The quantitative estimate of drug-likeness (QED) is 0.838. The highest BCUT2D eigenvalue weighted by atomic mass is 15.1. The lowest BCUT2D eigenvalue weighted by atomic mass is 9.98. The first kappa shape index (κ1) is 11.5. The summed E-state index contributed by atoms with van der Waals surface area (Å²) in [5.41, 5.74) is 4.29. The van der Waals surface area contributed by atoms with Crippen LogP contribution >= 0.6 is 0 Å². The fraction of sp³-hybridized carbons (Fsp3) is 0.571. The van der Waals surface area contributed by atoms with Crippen molar-refractivity contribution in [1.82, 2.24) is 5.32 Å². The van der Waals surface area contributed by atoms with Gasteiger partial charge in [-0.3, -0.25) is 0 Å². The Labute approximate surface area is 98.7 Å². The first-order valence-electron chi connectivity index (χ1n) is 6.17. The van der Waals surface area contributed by atoms with Crippen LogP contribution in [0.1, 0.15) is 24.0 Å². The predicted octanol–water partition coefficient (Wildman–Crippen LogP) is 2.36. The number of hydrogen-bond donors (Lipinski definition) is 1. The van der Waals surface area contributed by atoms with Crippen molar-refractivity contribution in [2.24, 2.45) is 0 Å². The highest BCUT2D eigenvalue weighted by molar-refractivity contribution is 5.56. The lowest BCUT2D eigenvalue weighted by Gasteiger charge is -2.21. The van der Waals surface area contributed by atoms with Crippen LogP contribution in [-0.4, -0.2) is 26.7 Å². The maximum Gasteiger partial charge on any atom is 0.0396 e. The zero-order chi connectivity index (χ0) is 11.5. The zero-order valence-electron chi connectivity index (χ0n) is 10.6. The van der Waals surface area contributed by atoms with Crippen molar-refractivity contribution in [1.29, 1.82) is 0 Å². The normalized spacial score (nSPS) is 20.1. The van der Waals surface area contributed by atoms with E-state index in [1.54, 1.807) is 0 Å². The van der Waals surface area contributed by atoms with Gasteiger partial charge in [0.2, 0.25) is 0 Å². The van der Waals surface area contributed by atoms with Crippen LogP contribution < -0.4 is 10.2 Å². The second-order valence-corrected chi connectivity index (χ2v) is 4.96. The Kier molecular flexibility index (Phi) is 3.49. The first-order valence-corrected chi connectivity index (χ1v) is 6.17. The molecule has 0 spiro atoms. The second-order valence-electron chi connectivity index (χ2n) is 4.96. The van der Waals surface area contributed by atoms with E-state index in [1.807, 2.05) is 0 Å². The number of anilines is 1. The molecular weight excluding hydrogens is 196 g/mol. The molecule has 1 aliphatic rings. The summed E-state index contributed by atoms with van der Waals surface area (Å²) >= 11 is 0. The number of hydrogen-bond acceptors (Lipinski definition) is 2. The smallest absolute Gasteiger partial charge is 0.0396 e. The number of rotatable bonds is 3. The summed E-state index contributed by atoms with van der Waals surface area (Å²) in [4.78, 5) is 2.22. The van der Waals surface area contributed by atoms with Gasteiger partial charge in [0.1, 0.15) is 0 Å². The fourth-order valence-corrected chi connectivity index (χ4v) is 2.55. The third-order valence-corrected chi connectivity index (χ3v) is 3.48. The van der Waals surface area contributed by atoms with Gasteiger partial charge in [-0.2, -0.15) is 0 Å². The average molecular weight is 218 g/mol. The third-order valence-electron chi connectivity index (χ3n) is 3.48. The molecule has 1 aromatic carbocycles. The molecule has 1 unspecified atom stereocenters. The highest BCUT2D eigenvalue weighted by Gasteiger charge is 2.17. The minimum absolute atomic E-state index is 0.680. The Morgan fingerprint density at radius 3 is 2.81 bits per heavy atom. The van der Waals surface area contributed by atoms with E-state index >= 15 is 0 Å². The van der Waals surface area contributed by atoms with Crippen molar-refractivity contribution >= 4 is 5.69 Å². The molecule has 2 heteroatoms. The van der Waals surface area contributed by atoms with Gasteiger partial charge in [-0.25, -0.2) is 0 Å². The molecule has 1 aromatic rings. The maximum atomic E-state index is 3.58. The monoisotopic (exact) mass is 218 g/mol. The molecule has 0 aliphatic carbocycles. The van der Waals surface area contributed by atoms with E-state index in [9.17, 15) is 0 Å². The van der Waals surface area contributed by atoms with Gasteiger partial charge < -0.3 is 10.2 Å². The molecule has 1 heterocycles. The van der Waals surface area contributed by atoms with E-state index in [1.165, 1.54) is 42.6 Å². The summed E-state index contributed by atoms with van der Waals surface area (Å²) in [7, 11) is 4.25. The Balaban J connectivity index is 2.23. The van der Waals surface area contributed by atoms with Crippen molar-refractivity contribution < 1.29 is 0 Å². The van der Waals surface area contributed by atoms with Gasteiger partial charge in [0, 0.05) is 25.8 Å². The fourth-order valence-electron chi connectivity index (χ4n) is 2.55. The van der Waals surface area contributed by atoms with Gasteiger partial charge >= 0.3 is 0 Å². The predicted molar refractivity (Wildman–Crippen MR) is 70.2 cm³/mol. The molecule has 1 saturated heterocycles. The summed E-state index contributed by atoms with van der Waals surface area (Å²) in [5, 5.41) is 3.58. The number of nitrogens with one attached hydrogen (secondary N) is 1. The van der Waals surface area contributed by atoms with Gasteiger partial charge in [-0.15, -0.1) is 0 Å². The number of nitrogens with zero attached hydrogens (tertiary/aromatic N) is 1. The molecular formula is C14H22N2. The molecule has 16 heavy (non-hydrogen) atoms. The number of aryl methyl sites for hydroxylation is 1. The SMILES string of the molecule is Cc1cccc(N(C)C)c1CC1CCCN1. The summed E-state index contributed by atoms with van der Waals surface area (Å²) in [6.45, 7) is 3.41.